The Labute approximate surface area is 124 Å². The lowest BCUT2D eigenvalue weighted by Gasteiger charge is -2.14. The fourth-order valence-electron chi connectivity index (χ4n) is 2.11. The SMILES string of the molecule is Nc1ncccc1C(O)c1nc2ccccc2cc1Br. The molecule has 2 heterocycles. The van der Waals surface area contributed by atoms with E-state index >= 15 is 0 Å². The number of benzene rings is 1. The Bertz CT molecular complexity index is 776. The van der Waals surface area contributed by atoms with E-state index in [1.54, 1.807) is 18.3 Å². The number of aromatic nitrogens is 2. The lowest BCUT2D eigenvalue weighted by molar-refractivity contribution is 0.215. The Morgan fingerprint density at radius 3 is 2.75 bits per heavy atom. The molecule has 0 amide bonds. The van der Waals surface area contributed by atoms with E-state index in [4.69, 9.17) is 5.73 Å². The van der Waals surface area contributed by atoms with Crippen molar-refractivity contribution in [2.24, 2.45) is 0 Å². The quantitative estimate of drug-likeness (QED) is 0.757. The largest absolute Gasteiger partial charge is 0.383 e. The molecule has 2 aromatic heterocycles. The third kappa shape index (κ3) is 2.26. The number of halogens is 1. The molecule has 3 N–H and O–H groups in total. The summed E-state index contributed by atoms with van der Waals surface area (Å²) in [4.78, 5) is 8.50. The summed E-state index contributed by atoms with van der Waals surface area (Å²) in [7, 11) is 0. The van der Waals surface area contributed by atoms with Crippen molar-refractivity contribution in [3.8, 4) is 0 Å². The van der Waals surface area contributed by atoms with E-state index in [0.29, 0.717) is 17.1 Å². The molecule has 3 rings (SSSR count). The maximum Gasteiger partial charge on any atom is 0.129 e. The van der Waals surface area contributed by atoms with Gasteiger partial charge in [0, 0.05) is 21.6 Å². The number of anilines is 1. The molecule has 0 aliphatic rings. The van der Waals surface area contributed by atoms with E-state index in [0.717, 1.165) is 15.4 Å². The van der Waals surface area contributed by atoms with Crippen LogP contribution in [0.1, 0.15) is 17.4 Å². The summed E-state index contributed by atoms with van der Waals surface area (Å²) in [5, 5.41) is 11.5. The minimum atomic E-state index is -0.914. The number of pyridine rings is 2. The second-order valence-electron chi connectivity index (χ2n) is 4.43. The van der Waals surface area contributed by atoms with Gasteiger partial charge in [0.25, 0.3) is 0 Å². The third-order valence-electron chi connectivity index (χ3n) is 3.13. The zero-order valence-corrected chi connectivity index (χ0v) is 12.1. The van der Waals surface area contributed by atoms with Crippen LogP contribution in [0.15, 0.2) is 53.1 Å². The first kappa shape index (κ1) is 13.0. The van der Waals surface area contributed by atoms with Crippen LogP contribution in [-0.2, 0) is 0 Å². The van der Waals surface area contributed by atoms with E-state index in [2.05, 4.69) is 25.9 Å². The first-order valence-corrected chi connectivity index (χ1v) is 6.90. The van der Waals surface area contributed by atoms with Gasteiger partial charge in [0.2, 0.25) is 0 Å². The van der Waals surface area contributed by atoms with Crippen LogP contribution in [0, 0.1) is 0 Å². The topological polar surface area (TPSA) is 72.0 Å². The number of aliphatic hydroxyl groups is 1. The van der Waals surface area contributed by atoms with Gasteiger partial charge in [0.05, 0.1) is 11.2 Å². The third-order valence-corrected chi connectivity index (χ3v) is 3.76. The summed E-state index contributed by atoms with van der Waals surface area (Å²) in [6.45, 7) is 0. The Kier molecular flexibility index (Phi) is 3.38. The van der Waals surface area contributed by atoms with Crippen molar-refractivity contribution >= 4 is 32.7 Å². The Balaban J connectivity index is 2.14. The highest BCUT2D eigenvalue weighted by Gasteiger charge is 2.18. The summed E-state index contributed by atoms with van der Waals surface area (Å²) >= 11 is 3.46. The number of nitrogens with two attached hydrogens (primary N) is 1. The van der Waals surface area contributed by atoms with E-state index in [9.17, 15) is 5.11 Å². The highest BCUT2D eigenvalue weighted by molar-refractivity contribution is 9.10. The summed E-state index contributed by atoms with van der Waals surface area (Å²) < 4.78 is 0.743. The van der Waals surface area contributed by atoms with Crippen LogP contribution in [0.3, 0.4) is 0 Å². The number of nitrogens with zero attached hydrogens (tertiary/aromatic N) is 2. The van der Waals surface area contributed by atoms with Crippen molar-refractivity contribution in [1.29, 1.82) is 0 Å². The van der Waals surface area contributed by atoms with Crippen molar-refractivity contribution in [2.75, 3.05) is 5.73 Å². The van der Waals surface area contributed by atoms with Gasteiger partial charge in [-0.05, 0) is 34.1 Å². The fourth-order valence-corrected chi connectivity index (χ4v) is 2.66. The maximum atomic E-state index is 10.5. The van der Waals surface area contributed by atoms with Crippen LogP contribution >= 0.6 is 15.9 Å². The molecule has 0 spiro atoms. The molecule has 0 aliphatic heterocycles. The maximum absolute atomic E-state index is 10.5. The second-order valence-corrected chi connectivity index (χ2v) is 5.28. The van der Waals surface area contributed by atoms with Crippen molar-refractivity contribution in [1.82, 2.24) is 9.97 Å². The molecule has 0 saturated carbocycles. The van der Waals surface area contributed by atoms with Crippen LogP contribution in [0.5, 0.6) is 0 Å². The molecule has 1 unspecified atom stereocenters. The van der Waals surface area contributed by atoms with Crippen LogP contribution in [0.25, 0.3) is 10.9 Å². The van der Waals surface area contributed by atoms with Crippen molar-refractivity contribution in [3.05, 3.63) is 64.4 Å². The molecule has 0 saturated heterocycles. The van der Waals surface area contributed by atoms with Gasteiger partial charge in [0.15, 0.2) is 0 Å². The highest BCUT2D eigenvalue weighted by Crippen LogP contribution is 2.31. The van der Waals surface area contributed by atoms with Gasteiger partial charge in [0.1, 0.15) is 11.9 Å². The summed E-state index contributed by atoms with van der Waals surface area (Å²) in [6, 6.07) is 13.2. The van der Waals surface area contributed by atoms with Crippen LogP contribution in [0.4, 0.5) is 5.82 Å². The first-order valence-electron chi connectivity index (χ1n) is 6.10. The molecule has 4 nitrogen and oxygen atoms in total. The Hall–Kier alpha value is -1.98. The number of hydrogen-bond donors (Lipinski definition) is 2. The number of hydrogen-bond acceptors (Lipinski definition) is 4. The summed E-state index contributed by atoms with van der Waals surface area (Å²) in [5.41, 5.74) is 7.72. The smallest absolute Gasteiger partial charge is 0.129 e. The normalized spacial score (nSPS) is 12.5. The zero-order valence-electron chi connectivity index (χ0n) is 10.5. The molecule has 1 aromatic carbocycles. The van der Waals surface area contributed by atoms with E-state index < -0.39 is 6.10 Å². The molecule has 1 atom stereocenters. The number of para-hydroxylation sites is 1. The first-order chi connectivity index (χ1) is 9.66. The molecule has 3 aromatic rings. The molecule has 0 fully saturated rings. The summed E-state index contributed by atoms with van der Waals surface area (Å²) in [6.07, 6.45) is 0.678. The van der Waals surface area contributed by atoms with Crippen LogP contribution < -0.4 is 5.73 Å². The lowest BCUT2D eigenvalue weighted by atomic mass is 10.1. The molecule has 0 radical (unpaired) electrons. The van der Waals surface area contributed by atoms with Crippen LogP contribution in [0.2, 0.25) is 0 Å². The van der Waals surface area contributed by atoms with E-state index in [-0.39, 0.29) is 0 Å². The van der Waals surface area contributed by atoms with E-state index in [1.807, 2.05) is 30.3 Å². The number of rotatable bonds is 2. The molecule has 0 aliphatic carbocycles. The standard InChI is InChI=1S/C15H12BrN3O/c16-11-8-9-4-1-2-6-12(9)19-13(11)14(20)10-5-3-7-18-15(10)17/h1-8,14,20H,(H2,17,18). The lowest BCUT2D eigenvalue weighted by Crippen LogP contribution is -2.07. The monoisotopic (exact) mass is 329 g/mol. The van der Waals surface area contributed by atoms with Gasteiger partial charge in [-0.1, -0.05) is 24.3 Å². The number of aliphatic hydroxyl groups excluding tert-OH is 1. The Morgan fingerprint density at radius 2 is 1.95 bits per heavy atom. The average Bonchev–Trinajstić information content (AvgIpc) is 2.46. The number of nitrogen functional groups attached to an aromatic ring is 1. The predicted octanol–water partition coefficient (Wildman–Crippen LogP) is 3.06. The highest BCUT2D eigenvalue weighted by atomic mass is 79.9. The van der Waals surface area contributed by atoms with Gasteiger partial charge in [-0.3, -0.25) is 0 Å². The molecular formula is C15H12BrN3O. The van der Waals surface area contributed by atoms with Gasteiger partial charge in [-0.25, -0.2) is 9.97 Å². The fraction of sp³-hybridized carbons (Fsp3) is 0.0667. The van der Waals surface area contributed by atoms with Gasteiger partial charge in [-0.15, -0.1) is 0 Å². The van der Waals surface area contributed by atoms with Crippen molar-refractivity contribution in [3.63, 3.8) is 0 Å². The van der Waals surface area contributed by atoms with Crippen LogP contribution in [-0.4, -0.2) is 15.1 Å². The van der Waals surface area contributed by atoms with Gasteiger partial charge >= 0.3 is 0 Å². The zero-order chi connectivity index (χ0) is 14.1. The second kappa shape index (κ2) is 5.19. The predicted molar refractivity (Wildman–Crippen MR) is 82.2 cm³/mol. The molecule has 0 bridgehead atoms. The van der Waals surface area contributed by atoms with Crippen molar-refractivity contribution < 1.29 is 5.11 Å². The van der Waals surface area contributed by atoms with Gasteiger partial charge < -0.3 is 10.8 Å². The molecule has 100 valence electrons. The minimum Gasteiger partial charge on any atom is -0.383 e. The van der Waals surface area contributed by atoms with E-state index in [1.165, 1.54) is 0 Å². The average molecular weight is 330 g/mol. The molecule has 20 heavy (non-hydrogen) atoms. The number of fused-ring (bicyclic) bond motifs is 1. The van der Waals surface area contributed by atoms with Gasteiger partial charge in [-0.2, -0.15) is 0 Å². The molecule has 5 heteroatoms. The van der Waals surface area contributed by atoms with Crippen molar-refractivity contribution in [2.45, 2.75) is 6.10 Å². The minimum absolute atomic E-state index is 0.307. The molecular weight excluding hydrogens is 318 g/mol. The Morgan fingerprint density at radius 1 is 1.15 bits per heavy atom. The summed E-state index contributed by atoms with van der Waals surface area (Å²) in [5.74, 6) is 0.307.